The Bertz CT molecular complexity index is 884. The fourth-order valence-corrected chi connectivity index (χ4v) is 6.69. The summed E-state index contributed by atoms with van der Waals surface area (Å²) in [5.41, 5.74) is 0. The van der Waals surface area contributed by atoms with E-state index in [1.807, 2.05) is 0 Å². The van der Waals surface area contributed by atoms with Crippen molar-refractivity contribution in [2.45, 2.75) is 237 Å². The average Bonchev–Trinajstić information content (AvgIpc) is 3.16. The Morgan fingerprint density at radius 2 is 0.906 bits per heavy atom. The molecule has 0 rings (SSSR count). The lowest BCUT2D eigenvalue weighted by Crippen LogP contribution is -2.53. The highest BCUT2D eigenvalue weighted by atomic mass is 16.3. The first-order chi connectivity index (χ1) is 26.0. The van der Waals surface area contributed by atoms with Crippen LogP contribution in [0.3, 0.4) is 0 Å². The zero-order valence-corrected chi connectivity index (χ0v) is 34.8. The Kier molecular flexibility index (Phi) is 40.1. The summed E-state index contributed by atoms with van der Waals surface area (Å²) in [5.74, 6) is -0.600. The maximum atomic E-state index is 12.5. The summed E-state index contributed by atoms with van der Waals surface area (Å²) >= 11 is 0. The smallest absolute Gasteiger partial charge is 0.249 e. The fourth-order valence-electron chi connectivity index (χ4n) is 6.69. The third-order valence-corrected chi connectivity index (χ3v) is 10.3. The SMILES string of the molecule is CC/C=C\C/C=C\CCCCCCCCCCCCCCCC(O)C(=O)NC(CO)C(O)C(O)CCC/C=C/CC/C=C/CCCCCCCCCC. The molecule has 0 aliphatic rings. The molecule has 4 atom stereocenters. The van der Waals surface area contributed by atoms with Gasteiger partial charge in [-0.05, 0) is 77.0 Å². The molecule has 6 nitrogen and oxygen atoms in total. The van der Waals surface area contributed by atoms with Gasteiger partial charge in [-0.25, -0.2) is 0 Å². The highest BCUT2D eigenvalue weighted by Crippen LogP contribution is 2.15. The second-order valence-corrected chi connectivity index (χ2v) is 15.3. The van der Waals surface area contributed by atoms with E-state index in [2.05, 4.69) is 67.8 Å². The van der Waals surface area contributed by atoms with E-state index in [1.165, 1.54) is 128 Å². The van der Waals surface area contributed by atoms with Crippen LogP contribution in [0.4, 0.5) is 0 Å². The zero-order valence-electron chi connectivity index (χ0n) is 34.8. The first kappa shape index (κ1) is 51.3. The Morgan fingerprint density at radius 1 is 0.491 bits per heavy atom. The molecule has 0 saturated carbocycles. The maximum absolute atomic E-state index is 12.5. The largest absolute Gasteiger partial charge is 0.394 e. The summed E-state index contributed by atoms with van der Waals surface area (Å²) in [5, 5.41) is 43.7. The van der Waals surface area contributed by atoms with E-state index in [0.29, 0.717) is 19.3 Å². The number of rotatable bonds is 40. The Hall–Kier alpha value is -1.73. The second kappa shape index (κ2) is 41.4. The lowest BCUT2D eigenvalue weighted by molar-refractivity contribution is -0.132. The van der Waals surface area contributed by atoms with Gasteiger partial charge in [0, 0.05) is 0 Å². The monoisotopic (exact) mass is 746 g/mol. The van der Waals surface area contributed by atoms with Crippen LogP contribution in [0, 0.1) is 0 Å². The normalized spacial score (nSPS) is 14.6. The molecule has 0 aromatic rings. The predicted molar refractivity (Wildman–Crippen MR) is 228 cm³/mol. The van der Waals surface area contributed by atoms with Crippen molar-refractivity contribution < 1.29 is 25.2 Å². The van der Waals surface area contributed by atoms with Crippen molar-refractivity contribution in [2.75, 3.05) is 6.61 Å². The Labute approximate surface area is 328 Å². The molecule has 0 aliphatic carbocycles. The Balaban J connectivity index is 3.78. The van der Waals surface area contributed by atoms with E-state index in [1.54, 1.807) is 0 Å². The maximum Gasteiger partial charge on any atom is 0.249 e. The number of allylic oxidation sites excluding steroid dienone is 8. The van der Waals surface area contributed by atoms with Crippen molar-refractivity contribution in [3.8, 4) is 0 Å². The van der Waals surface area contributed by atoms with Gasteiger partial charge in [0.1, 0.15) is 12.2 Å². The van der Waals surface area contributed by atoms with Crippen LogP contribution in [0.5, 0.6) is 0 Å². The lowest BCUT2D eigenvalue weighted by atomic mass is 10.00. The third-order valence-electron chi connectivity index (χ3n) is 10.3. The molecule has 0 radical (unpaired) electrons. The molecule has 0 aromatic heterocycles. The van der Waals surface area contributed by atoms with Crippen molar-refractivity contribution in [3.05, 3.63) is 48.6 Å². The van der Waals surface area contributed by atoms with E-state index in [9.17, 15) is 25.2 Å². The van der Waals surface area contributed by atoms with E-state index in [4.69, 9.17) is 0 Å². The van der Waals surface area contributed by atoms with E-state index in [0.717, 1.165) is 51.4 Å². The van der Waals surface area contributed by atoms with Crippen molar-refractivity contribution >= 4 is 5.91 Å². The van der Waals surface area contributed by atoms with Gasteiger partial charge in [0.15, 0.2) is 0 Å². The molecule has 0 fully saturated rings. The summed E-state index contributed by atoms with van der Waals surface area (Å²) in [6.45, 7) is 3.93. The Morgan fingerprint density at radius 3 is 1.40 bits per heavy atom. The van der Waals surface area contributed by atoms with Gasteiger partial charge in [0.25, 0.3) is 0 Å². The molecule has 0 bridgehead atoms. The molecule has 0 aliphatic heterocycles. The van der Waals surface area contributed by atoms with Crippen LogP contribution in [-0.2, 0) is 4.79 Å². The predicted octanol–water partition coefficient (Wildman–Crippen LogP) is 11.9. The average molecular weight is 746 g/mol. The van der Waals surface area contributed by atoms with Crippen molar-refractivity contribution in [1.82, 2.24) is 5.32 Å². The van der Waals surface area contributed by atoms with Crippen LogP contribution in [0.2, 0.25) is 0 Å². The zero-order chi connectivity index (χ0) is 38.9. The highest BCUT2D eigenvalue weighted by Gasteiger charge is 2.28. The minimum absolute atomic E-state index is 0.358. The molecule has 0 aromatic carbocycles. The van der Waals surface area contributed by atoms with Crippen LogP contribution in [0.1, 0.15) is 213 Å². The number of aliphatic hydroxyl groups is 4. The van der Waals surface area contributed by atoms with Gasteiger partial charge in [-0.1, -0.05) is 184 Å². The first-order valence-electron chi connectivity index (χ1n) is 22.5. The molecule has 53 heavy (non-hydrogen) atoms. The summed E-state index contributed by atoms with van der Waals surface area (Å²) in [6.07, 6.45) is 50.0. The van der Waals surface area contributed by atoms with Crippen LogP contribution < -0.4 is 5.32 Å². The highest BCUT2D eigenvalue weighted by molar-refractivity contribution is 5.80. The molecule has 5 N–H and O–H groups in total. The van der Waals surface area contributed by atoms with Gasteiger partial charge >= 0.3 is 0 Å². The standard InChI is InChI=1S/C47H87NO5/c1-3-5-7-9-11-13-15-17-19-21-22-23-25-27-29-31-33-35-37-39-41-45(51)47(53)48-43(42-49)46(52)44(50)40-38-36-34-32-30-28-26-24-20-18-16-14-12-10-8-6-4-2/h5,7,11,13,24,26,32,34,43-46,49-52H,3-4,6,8-10,12,14-23,25,27-31,33,35-42H2,1-2H3,(H,48,53)/b7-5-,13-11-,26-24+,34-32+. The van der Waals surface area contributed by atoms with E-state index in [-0.39, 0.29) is 0 Å². The van der Waals surface area contributed by atoms with Crippen molar-refractivity contribution in [1.29, 1.82) is 0 Å². The van der Waals surface area contributed by atoms with Gasteiger partial charge in [-0.3, -0.25) is 4.79 Å². The van der Waals surface area contributed by atoms with Gasteiger partial charge in [-0.2, -0.15) is 0 Å². The molecule has 0 saturated heterocycles. The summed E-state index contributed by atoms with van der Waals surface area (Å²) in [4.78, 5) is 12.5. The molecular formula is C47H87NO5. The van der Waals surface area contributed by atoms with Crippen molar-refractivity contribution in [2.24, 2.45) is 0 Å². The number of carbonyl (C=O) groups excluding carboxylic acids is 1. The lowest BCUT2D eigenvalue weighted by Gasteiger charge is -2.27. The van der Waals surface area contributed by atoms with Crippen LogP contribution >= 0.6 is 0 Å². The number of hydrogen-bond donors (Lipinski definition) is 5. The molecule has 0 spiro atoms. The van der Waals surface area contributed by atoms with Gasteiger partial charge in [0.2, 0.25) is 5.91 Å². The summed E-state index contributed by atoms with van der Waals surface area (Å²) in [6, 6.07) is -1.01. The summed E-state index contributed by atoms with van der Waals surface area (Å²) in [7, 11) is 0. The molecular weight excluding hydrogens is 659 g/mol. The third kappa shape index (κ3) is 35.7. The van der Waals surface area contributed by atoms with Gasteiger partial charge in [0.05, 0.1) is 18.8 Å². The molecule has 6 heteroatoms. The molecule has 1 amide bonds. The van der Waals surface area contributed by atoms with Crippen molar-refractivity contribution in [3.63, 3.8) is 0 Å². The van der Waals surface area contributed by atoms with Gasteiger partial charge < -0.3 is 25.7 Å². The summed E-state index contributed by atoms with van der Waals surface area (Å²) < 4.78 is 0. The number of aliphatic hydroxyl groups excluding tert-OH is 4. The second-order valence-electron chi connectivity index (χ2n) is 15.3. The molecule has 4 unspecified atom stereocenters. The number of hydrogen-bond acceptors (Lipinski definition) is 5. The number of carbonyl (C=O) groups is 1. The van der Waals surface area contributed by atoms with E-state index < -0.39 is 36.9 Å². The minimum atomic E-state index is -1.29. The fraction of sp³-hybridized carbons (Fsp3) is 0.809. The number of unbranched alkanes of at least 4 members (excludes halogenated alkanes) is 23. The van der Waals surface area contributed by atoms with Gasteiger partial charge in [-0.15, -0.1) is 0 Å². The minimum Gasteiger partial charge on any atom is -0.394 e. The quantitative estimate of drug-likeness (QED) is 0.0317. The number of nitrogens with one attached hydrogen (secondary N) is 1. The van der Waals surface area contributed by atoms with E-state index >= 15 is 0 Å². The van der Waals surface area contributed by atoms with Crippen LogP contribution in [0.25, 0.3) is 0 Å². The number of amides is 1. The first-order valence-corrected chi connectivity index (χ1v) is 22.5. The topological polar surface area (TPSA) is 110 Å². The van der Waals surface area contributed by atoms with Crippen LogP contribution in [0.15, 0.2) is 48.6 Å². The molecule has 0 heterocycles. The van der Waals surface area contributed by atoms with Crippen LogP contribution in [-0.4, -0.2) is 57.3 Å². The molecule has 310 valence electrons.